The Bertz CT molecular complexity index is 679. The number of aliphatic hydroxyl groups is 1. The number of rotatable bonds is 7. The van der Waals surface area contributed by atoms with Crippen molar-refractivity contribution in [2.24, 2.45) is 0 Å². The van der Waals surface area contributed by atoms with E-state index in [0.717, 1.165) is 11.3 Å². The Morgan fingerprint density at radius 3 is 2.26 bits per heavy atom. The van der Waals surface area contributed by atoms with Gasteiger partial charge in [0.25, 0.3) is 5.92 Å². The van der Waals surface area contributed by atoms with E-state index < -0.39 is 18.6 Å². The molecule has 1 heterocycles. The predicted octanol–water partition coefficient (Wildman–Crippen LogP) is 3.29. The monoisotopic (exact) mass is 397 g/mol. The summed E-state index contributed by atoms with van der Waals surface area (Å²) in [5, 5.41) is 15.7. The highest BCUT2D eigenvalue weighted by Gasteiger charge is 2.43. The van der Waals surface area contributed by atoms with Crippen molar-refractivity contribution in [3.05, 3.63) is 65.7 Å². The van der Waals surface area contributed by atoms with E-state index in [1.165, 1.54) is 0 Å². The van der Waals surface area contributed by atoms with Crippen LogP contribution in [0.1, 0.15) is 17.2 Å². The first kappa shape index (κ1) is 21.6. The fourth-order valence-corrected chi connectivity index (χ4v) is 3.33. The third-order valence-corrected chi connectivity index (χ3v) is 4.69. The highest BCUT2D eigenvalue weighted by molar-refractivity contribution is 5.85. The molecule has 2 aromatic carbocycles. The predicted molar refractivity (Wildman–Crippen MR) is 107 cm³/mol. The molecule has 1 saturated heterocycles. The third kappa shape index (κ3) is 5.62. The zero-order chi connectivity index (χ0) is 18.4. The molecule has 0 spiro atoms. The van der Waals surface area contributed by atoms with Crippen molar-refractivity contribution < 1.29 is 13.9 Å². The maximum absolute atomic E-state index is 14.4. The van der Waals surface area contributed by atoms with Gasteiger partial charge in [0.2, 0.25) is 0 Å². The molecule has 0 aliphatic carbocycles. The zero-order valence-corrected chi connectivity index (χ0v) is 15.9. The third-order valence-electron chi connectivity index (χ3n) is 4.69. The van der Waals surface area contributed by atoms with E-state index in [2.05, 4.69) is 10.6 Å². The van der Waals surface area contributed by atoms with Gasteiger partial charge in [-0.25, -0.2) is 8.78 Å². The highest BCUT2D eigenvalue weighted by atomic mass is 35.5. The van der Waals surface area contributed by atoms with Crippen molar-refractivity contribution in [3.8, 4) is 0 Å². The standard InChI is InChI=1S/C20H25F2N3O.ClH/c21-20(22,15-26)19(25-12-10-23-11-13-25)17-6-8-18(9-7-17)24-14-16-4-2-1-3-5-16;/h1-9,19,23-24,26H,10-15H2;1H/t19-;/m0./s1. The van der Waals surface area contributed by atoms with Crippen LogP contribution < -0.4 is 10.6 Å². The number of nitrogens with zero attached hydrogens (tertiary/aromatic N) is 1. The van der Waals surface area contributed by atoms with Gasteiger partial charge < -0.3 is 15.7 Å². The second kappa shape index (κ2) is 9.99. The summed E-state index contributed by atoms with van der Waals surface area (Å²) < 4.78 is 28.9. The number of halogens is 3. The van der Waals surface area contributed by atoms with E-state index >= 15 is 0 Å². The minimum atomic E-state index is -3.18. The Kier molecular flexibility index (Phi) is 7.98. The van der Waals surface area contributed by atoms with Crippen LogP contribution in [-0.4, -0.2) is 48.7 Å². The number of piperazine rings is 1. The van der Waals surface area contributed by atoms with Crippen molar-refractivity contribution in [1.82, 2.24) is 10.2 Å². The van der Waals surface area contributed by atoms with E-state index in [4.69, 9.17) is 0 Å². The zero-order valence-electron chi connectivity index (χ0n) is 15.1. The van der Waals surface area contributed by atoms with Gasteiger partial charge in [0.15, 0.2) is 0 Å². The van der Waals surface area contributed by atoms with Crippen molar-refractivity contribution in [3.63, 3.8) is 0 Å². The first-order valence-corrected chi connectivity index (χ1v) is 8.91. The number of nitrogens with one attached hydrogen (secondary N) is 2. The minimum absolute atomic E-state index is 0. The van der Waals surface area contributed by atoms with Crippen LogP contribution in [-0.2, 0) is 6.54 Å². The molecule has 0 bridgehead atoms. The first-order chi connectivity index (χ1) is 12.6. The number of hydrogen-bond acceptors (Lipinski definition) is 4. The van der Waals surface area contributed by atoms with E-state index in [1.54, 1.807) is 17.0 Å². The van der Waals surface area contributed by atoms with E-state index in [0.29, 0.717) is 38.3 Å². The molecule has 0 unspecified atom stereocenters. The summed E-state index contributed by atoms with van der Waals surface area (Å²) >= 11 is 0. The lowest BCUT2D eigenvalue weighted by Crippen LogP contribution is -2.51. The Balaban J connectivity index is 0.00000261. The van der Waals surface area contributed by atoms with Crippen LogP contribution in [0.2, 0.25) is 0 Å². The summed E-state index contributed by atoms with van der Waals surface area (Å²) in [5.74, 6) is -3.18. The molecule has 148 valence electrons. The molecular weight excluding hydrogens is 372 g/mol. The van der Waals surface area contributed by atoms with Crippen LogP contribution in [0, 0.1) is 0 Å². The summed E-state index contributed by atoms with van der Waals surface area (Å²) in [6.07, 6.45) is 0. The summed E-state index contributed by atoms with van der Waals surface area (Å²) in [7, 11) is 0. The summed E-state index contributed by atoms with van der Waals surface area (Å²) in [4.78, 5) is 1.75. The van der Waals surface area contributed by atoms with Crippen LogP contribution in [0.4, 0.5) is 14.5 Å². The van der Waals surface area contributed by atoms with Gasteiger partial charge in [0.1, 0.15) is 12.6 Å². The van der Waals surface area contributed by atoms with Crippen molar-refractivity contribution in [1.29, 1.82) is 0 Å². The first-order valence-electron chi connectivity index (χ1n) is 8.91. The molecule has 4 nitrogen and oxygen atoms in total. The van der Waals surface area contributed by atoms with E-state index in [9.17, 15) is 13.9 Å². The van der Waals surface area contributed by atoms with Crippen LogP contribution in [0.3, 0.4) is 0 Å². The Labute approximate surface area is 165 Å². The number of anilines is 1. The van der Waals surface area contributed by atoms with Gasteiger partial charge in [0.05, 0.1) is 0 Å². The number of hydrogen-bond donors (Lipinski definition) is 3. The molecule has 3 rings (SSSR count). The summed E-state index contributed by atoms with van der Waals surface area (Å²) in [5.41, 5.74) is 2.56. The van der Waals surface area contributed by atoms with Crippen LogP contribution in [0.5, 0.6) is 0 Å². The lowest BCUT2D eigenvalue weighted by molar-refractivity contribution is -0.118. The van der Waals surface area contributed by atoms with Crippen molar-refractivity contribution in [2.45, 2.75) is 18.5 Å². The summed E-state index contributed by atoms with van der Waals surface area (Å²) in [6, 6.07) is 16.0. The SMILES string of the molecule is Cl.OCC(F)(F)[C@H](c1ccc(NCc2ccccc2)cc1)N1CCNCC1. The average Bonchev–Trinajstić information content (AvgIpc) is 2.69. The van der Waals surface area contributed by atoms with Crippen molar-refractivity contribution >= 4 is 18.1 Å². The molecule has 1 aliphatic rings. The Morgan fingerprint density at radius 2 is 1.67 bits per heavy atom. The largest absolute Gasteiger partial charge is 0.390 e. The molecule has 0 aromatic heterocycles. The molecule has 1 aliphatic heterocycles. The topological polar surface area (TPSA) is 47.5 Å². The van der Waals surface area contributed by atoms with Gasteiger partial charge in [0, 0.05) is 38.4 Å². The van der Waals surface area contributed by atoms with E-state index in [1.807, 2.05) is 42.5 Å². The molecule has 1 atom stereocenters. The lowest BCUT2D eigenvalue weighted by atomic mass is 9.98. The molecule has 3 N–H and O–H groups in total. The van der Waals surface area contributed by atoms with Crippen LogP contribution in [0.25, 0.3) is 0 Å². The quantitative estimate of drug-likeness (QED) is 0.671. The van der Waals surface area contributed by atoms with Gasteiger partial charge in [-0.3, -0.25) is 4.90 Å². The van der Waals surface area contributed by atoms with Crippen molar-refractivity contribution in [2.75, 3.05) is 38.1 Å². The molecule has 0 radical (unpaired) electrons. The smallest absolute Gasteiger partial charge is 0.289 e. The van der Waals surface area contributed by atoms with Gasteiger partial charge in [-0.2, -0.15) is 0 Å². The van der Waals surface area contributed by atoms with E-state index in [-0.39, 0.29) is 12.4 Å². The molecule has 2 aromatic rings. The molecule has 0 saturated carbocycles. The second-order valence-electron chi connectivity index (χ2n) is 6.57. The second-order valence-corrected chi connectivity index (χ2v) is 6.57. The normalized spacial score (nSPS) is 16.4. The fraction of sp³-hybridized carbons (Fsp3) is 0.400. The average molecular weight is 398 g/mol. The Morgan fingerprint density at radius 1 is 1.04 bits per heavy atom. The molecule has 1 fully saturated rings. The lowest BCUT2D eigenvalue weighted by Gasteiger charge is -2.38. The van der Waals surface area contributed by atoms with Gasteiger partial charge in [-0.1, -0.05) is 42.5 Å². The molecule has 7 heteroatoms. The summed E-state index contributed by atoms with van der Waals surface area (Å²) in [6.45, 7) is 1.94. The van der Waals surface area contributed by atoms with Crippen LogP contribution >= 0.6 is 12.4 Å². The molecule has 0 amide bonds. The molecular formula is C20H26ClF2N3O. The minimum Gasteiger partial charge on any atom is -0.390 e. The van der Waals surface area contributed by atoms with Gasteiger partial charge >= 0.3 is 0 Å². The Hall–Kier alpha value is -1.73. The van der Waals surface area contributed by atoms with Gasteiger partial charge in [-0.15, -0.1) is 12.4 Å². The number of alkyl halides is 2. The molecule has 27 heavy (non-hydrogen) atoms. The fourth-order valence-electron chi connectivity index (χ4n) is 3.33. The number of benzene rings is 2. The van der Waals surface area contributed by atoms with Crippen LogP contribution in [0.15, 0.2) is 54.6 Å². The maximum Gasteiger partial charge on any atom is 0.289 e. The van der Waals surface area contributed by atoms with Gasteiger partial charge in [-0.05, 0) is 23.3 Å². The number of aliphatic hydroxyl groups excluding tert-OH is 1. The maximum atomic E-state index is 14.4. The highest BCUT2D eigenvalue weighted by Crippen LogP contribution is 2.36.